The number of hydrogen-bond acceptors (Lipinski definition) is 10. The number of sulfonamides is 1. The summed E-state index contributed by atoms with van der Waals surface area (Å²) >= 11 is 4.52. The molecule has 0 spiro atoms. The van der Waals surface area contributed by atoms with Gasteiger partial charge in [-0.25, -0.2) is 23.4 Å². The van der Waals surface area contributed by atoms with Gasteiger partial charge in [-0.3, -0.25) is 4.90 Å². The van der Waals surface area contributed by atoms with Crippen molar-refractivity contribution in [1.82, 2.24) is 24.2 Å². The number of piperazine rings is 1. The molecule has 1 aliphatic rings. The highest BCUT2D eigenvalue weighted by Crippen LogP contribution is 2.33. The van der Waals surface area contributed by atoms with Gasteiger partial charge in [0, 0.05) is 44.1 Å². The molecular formula is C22H26N6O2S4. The normalized spacial score (nSPS) is 16.8. The van der Waals surface area contributed by atoms with E-state index in [1.54, 1.807) is 39.4 Å². The van der Waals surface area contributed by atoms with Gasteiger partial charge in [0.05, 0.1) is 25.8 Å². The van der Waals surface area contributed by atoms with Gasteiger partial charge < -0.3 is 5.32 Å². The van der Waals surface area contributed by atoms with Crippen LogP contribution in [-0.4, -0.2) is 71.3 Å². The Morgan fingerprint density at radius 3 is 2.62 bits per heavy atom. The van der Waals surface area contributed by atoms with E-state index in [0.29, 0.717) is 30.4 Å². The van der Waals surface area contributed by atoms with E-state index < -0.39 is 10.0 Å². The lowest BCUT2D eigenvalue weighted by Gasteiger charge is -2.35. The minimum Gasteiger partial charge on any atom is -0.365 e. The molecule has 0 saturated carbocycles. The highest BCUT2D eigenvalue weighted by Gasteiger charge is 2.30. The average Bonchev–Trinajstić information content (AvgIpc) is 3.55. The Morgan fingerprint density at radius 1 is 1.09 bits per heavy atom. The largest absolute Gasteiger partial charge is 0.365 e. The number of thiophene rings is 2. The van der Waals surface area contributed by atoms with Crippen LogP contribution < -0.4 is 5.32 Å². The minimum atomic E-state index is -3.50. The first kappa shape index (κ1) is 23.8. The lowest BCUT2D eigenvalue weighted by molar-refractivity contribution is 0.184. The molecule has 5 rings (SSSR count). The van der Waals surface area contributed by atoms with Crippen molar-refractivity contribution < 1.29 is 8.42 Å². The number of rotatable bonds is 7. The average molecular weight is 535 g/mol. The molecule has 4 aromatic heterocycles. The number of anilines is 1. The van der Waals surface area contributed by atoms with E-state index >= 15 is 0 Å². The smallest absolute Gasteiger partial charge is 0.252 e. The van der Waals surface area contributed by atoms with E-state index in [1.165, 1.54) is 11.3 Å². The summed E-state index contributed by atoms with van der Waals surface area (Å²) in [5.74, 6) is 0.862. The van der Waals surface area contributed by atoms with Gasteiger partial charge in [-0.1, -0.05) is 0 Å². The molecule has 180 valence electrons. The third kappa shape index (κ3) is 4.75. The van der Waals surface area contributed by atoms with Crippen LogP contribution in [0.4, 0.5) is 5.82 Å². The Kier molecular flexibility index (Phi) is 6.70. The van der Waals surface area contributed by atoms with E-state index in [1.807, 2.05) is 18.4 Å². The monoisotopic (exact) mass is 534 g/mol. The molecule has 1 fully saturated rings. The van der Waals surface area contributed by atoms with Crippen LogP contribution in [0.5, 0.6) is 0 Å². The molecule has 1 aliphatic heterocycles. The second-order valence-corrected chi connectivity index (χ2v) is 13.6. The van der Waals surface area contributed by atoms with Crippen LogP contribution in [0.2, 0.25) is 0 Å². The molecule has 0 aromatic carbocycles. The predicted octanol–water partition coefficient (Wildman–Crippen LogP) is 4.30. The van der Waals surface area contributed by atoms with Gasteiger partial charge in [0.15, 0.2) is 0 Å². The minimum absolute atomic E-state index is 0.171. The Balaban J connectivity index is 1.18. The predicted molar refractivity (Wildman–Crippen MR) is 141 cm³/mol. The van der Waals surface area contributed by atoms with Crippen molar-refractivity contribution in [1.29, 1.82) is 0 Å². The molecule has 34 heavy (non-hydrogen) atoms. The zero-order valence-electron chi connectivity index (χ0n) is 19.2. The third-order valence-electron chi connectivity index (χ3n) is 5.82. The van der Waals surface area contributed by atoms with Crippen LogP contribution in [0.3, 0.4) is 0 Å². The summed E-state index contributed by atoms with van der Waals surface area (Å²) in [4.78, 5) is 16.5. The highest BCUT2D eigenvalue weighted by atomic mass is 32.2. The Bertz CT molecular complexity index is 1400. The fourth-order valence-electron chi connectivity index (χ4n) is 4.09. The van der Waals surface area contributed by atoms with Crippen LogP contribution in [0.1, 0.15) is 17.5 Å². The van der Waals surface area contributed by atoms with E-state index in [-0.39, 0.29) is 6.04 Å². The molecule has 5 heterocycles. The van der Waals surface area contributed by atoms with Gasteiger partial charge in [-0.05, 0) is 43.8 Å². The Morgan fingerprint density at radius 2 is 1.88 bits per heavy atom. The van der Waals surface area contributed by atoms with Crippen molar-refractivity contribution in [3.63, 3.8) is 0 Å². The lowest BCUT2D eigenvalue weighted by Crippen LogP contribution is -2.50. The van der Waals surface area contributed by atoms with Gasteiger partial charge >= 0.3 is 0 Å². The first-order valence-corrected chi connectivity index (χ1v) is 15.0. The fourth-order valence-corrected chi connectivity index (χ4v) is 8.58. The fraction of sp³-hybridized carbons (Fsp3) is 0.409. The van der Waals surface area contributed by atoms with Gasteiger partial charge in [0.1, 0.15) is 16.4 Å². The molecular weight excluding hydrogens is 509 g/mol. The van der Waals surface area contributed by atoms with Crippen LogP contribution in [-0.2, 0) is 10.0 Å². The maximum atomic E-state index is 13.2. The van der Waals surface area contributed by atoms with E-state index in [2.05, 4.69) is 44.4 Å². The van der Waals surface area contributed by atoms with Gasteiger partial charge in [0.2, 0.25) is 0 Å². The number of nitrogens with one attached hydrogen (secondary N) is 1. The molecule has 4 aromatic rings. The van der Waals surface area contributed by atoms with E-state index in [0.717, 1.165) is 43.7 Å². The van der Waals surface area contributed by atoms with Crippen LogP contribution in [0.15, 0.2) is 33.4 Å². The number of hydrogen-bond donors (Lipinski definition) is 1. The summed E-state index contributed by atoms with van der Waals surface area (Å²) in [6.07, 6.45) is 1.60. The van der Waals surface area contributed by atoms with Gasteiger partial charge in [-0.2, -0.15) is 4.31 Å². The van der Waals surface area contributed by atoms with Gasteiger partial charge in [0.25, 0.3) is 10.0 Å². The van der Waals surface area contributed by atoms with E-state index in [9.17, 15) is 8.42 Å². The summed E-state index contributed by atoms with van der Waals surface area (Å²) in [5, 5.41) is 8.56. The van der Waals surface area contributed by atoms with Crippen molar-refractivity contribution in [2.45, 2.75) is 31.0 Å². The molecule has 8 nitrogen and oxygen atoms in total. The SMILES string of the molecule is Cc1nc(-c2ccc(S(=O)(=O)N3CCN(C[C@H](C)Nc4ncnc5c(C)csc45)CC3)s2)cs1. The highest BCUT2D eigenvalue weighted by molar-refractivity contribution is 7.91. The lowest BCUT2D eigenvalue weighted by atomic mass is 10.2. The number of thiazole rings is 1. The van der Waals surface area contributed by atoms with Crippen molar-refractivity contribution >= 4 is 60.1 Å². The summed E-state index contributed by atoms with van der Waals surface area (Å²) < 4.78 is 29.5. The van der Waals surface area contributed by atoms with Crippen molar-refractivity contribution in [3.8, 4) is 10.6 Å². The second kappa shape index (κ2) is 9.59. The number of fused-ring (bicyclic) bond motifs is 1. The molecule has 0 aliphatic carbocycles. The number of nitrogens with zero attached hydrogens (tertiary/aromatic N) is 5. The topological polar surface area (TPSA) is 91.3 Å². The third-order valence-corrected chi connectivity index (χ3v) is 11.2. The Labute approximate surface area is 211 Å². The molecule has 0 bridgehead atoms. The van der Waals surface area contributed by atoms with E-state index in [4.69, 9.17) is 0 Å². The maximum absolute atomic E-state index is 13.2. The Hall–Kier alpha value is -1.96. The molecule has 0 radical (unpaired) electrons. The summed E-state index contributed by atoms with van der Waals surface area (Å²) in [6, 6.07) is 3.73. The van der Waals surface area contributed by atoms with Crippen molar-refractivity contribution in [2.75, 3.05) is 38.0 Å². The molecule has 12 heteroatoms. The standard InChI is InChI=1S/C22H26N6O2S4/c1-14-11-32-21-20(14)23-13-24-22(21)25-15(2)10-27-6-8-28(9-7-27)34(29,30)19-5-4-18(33-19)17-12-31-16(3)26-17/h4-5,11-13,15H,6-10H2,1-3H3,(H,23,24,25)/t15-/m0/s1. The van der Waals surface area contributed by atoms with Crippen LogP contribution in [0, 0.1) is 13.8 Å². The van der Waals surface area contributed by atoms with Crippen LogP contribution >= 0.6 is 34.0 Å². The first-order valence-electron chi connectivity index (χ1n) is 11.0. The molecule has 1 saturated heterocycles. The molecule has 0 amide bonds. The zero-order valence-corrected chi connectivity index (χ0v) is 22.5. The van der Waals surface area contributed by atoms with Crippen molar-refractivity contribution in [2.24, 2.45) is 0 Å². The number of aromatic nitrogens is 3. The summed E-state index contributed by atoms with van der Waals surface area (Å²) in [7, 11) is -3.50. The summed E-state index contributed by atoms with van der Waals surface area (Å²) in [6.45, 7) is 9.33. The quantitative estimate of drug-likeness (QED) is 0.378. The molecule has 0 unspecified atom stereocenters. The molecule has 1 atom stereocenters. The second-order valence-electron chi connectivity index (χ2n) is 8.44. The molecule has 1 N–H and O–H groups in total. The van der Waals surface area contributed by atoms with Crippen molar-refractivity contribution in [3.05, 3.63) is 39.8 Å². The first-order chi connectivity index (χ1) is 16.3. The number of aryl methyl sites for hydroxylation is 2. The zero-order chi connectivity index (χ0) is 23.9. The summed E-state index contributed by atoms with van der Waals surface area (Å²) in [5.41, 5.74) is 3.00. The van der Waals surface area contributed by atoms with Crippen LogP contribution in [0.25, 0.3) is 20.8 Å². The maximum Gasteiger partial charge on any atom is 0.252 e. The van der Waals surface area contributed by atoms with Gasteiger partial charge in [-0.15, -0.1) is 34.0 Å².